The first-order valence-corrected chi connectivity index (χ1v) is 7.13. The van der Waals surface area contributed by atoms with Crippen LogP contribution >= 0.6 is 0 Å². The summed E-state index contributed by atoms with van der Waals surface area (Å²) in [6.07, 6.45) is 1.40. The maximum atomic E-state index is 11.5. The summed E-state index contributed by atoms with van der Waals surface area (Å²) in [6.45, 7) is 1.77. The molecule has 0 saturated carbocycles. The van der Waals surface area contributed by atoms with E-state index < -0.39 is 10.0 Å². The second kappa shape index (κ2) is 5.28. The summed E-state index contributed by atoms with van der Waals surface area (Å²) in [6, 6.07) is 9.59. The summed E-state index contributed by atoms with van der Waals surface area (Å²) in [5.74, 6) is 0.237. The Hall–Kier alpha value is -2.43. The molecule has 0 aliphatic heterocycles. The molecule has 2 N–H and O–H groups in total. The zero-order chi connectivity index (χ0) is 14.8. The van der Waals surface area contributed by atoms with Gasteiger partial charge in [0.05, 0.1) is 11.6 Å². The summed E-state index contributed by atoms with van der Waals surface area (Å²) < 4.78 is 28.4. The van der Waals surface area contributed by atoms with Gasteiger partial charge in [-0.05, 0) is 36.8 Å². The standard InChI is InChI=1S/C13H11N3O3S/c1-9-4-5-10(8-14)7-11(9)19-13-12(20(15,17)18)3-2-6-16-13/h2-7H,1H3,(H2,15,17,18). The van der Waals surface area contributed by atoms with E-state index in [9.17, 15) is 8.42 Å². The van der Waals surface area contributed by atoms with Crippen LogP contribution < -0.4 is 9.88 Å². The minimum Gasteiger partial charge on any atom is -0.437 e. The molecule has 2 rings (SSSR count). The van der Waals surface area contributed by atoms with E-state index in [0.717, 1.165) is 5.56 Å². The van der Waals surface area contributed by atoms with Crippen molar-refractivity contribution in [3.05, 3.63) is 47.7 Å². The quantitative estimate of drug-likeness (QED) is 0.925. The van der Waals surface area contributed by atoms with Crippen LogP contribution in [0.2, 0.25) is 0 Å². The summed E-state index contributed by atoms with van der Waals surface area (Å²) in [5.41, 5.74) is 1.15. The largest absolute Gasteiger partial charge is 0.437 e. The van der Waals surface area contributed by atoms with Crippen LogP contribution in [0.4, 0.5) is 0 Å². The molecule has 0 bridgehead atoms. The molecule has 0 fully saturated rings. The fraction of sp³-hybridized carbons (Fsp3) is 0.0769. The Bertz CT molecular complexity index is 795. The van der Waals surface area contributed by atoms with Gasteiger partial charge in [0.1, 0.15) is 10.6 Å². The number of nitriles is 1. The van der Waals surface area contributed by atoms with E-state index in [1.807, 2.05) is 6.07 Å². The van der Waals surface area contributed by atoms with Gasteiger partial charge in [0, 0.05) is 6.20 Å². The third kappa shape index (κ3) is 2.93. The molecule has 0 atom stereocenters. The van der Waals surface area contributed by atoms with E-state index in [4.69, 9.17) is 15.1 Å². The molecule has 2 aromatic rings. The first-order chi connectivity index (χ1) is 9.41. The summed E-state index contributed by atoms with van der Waals surface area (Å²) in [7, 11) is -3.93. The van der Waals surface area contributed by atoms with Crippen molar-refractivity contribution in [2.75, 3.05) is 0 Å². The zero-order valence-electron chi connectivity index (χ0n) is 10.6. The number of sulfonamides is 1. The van der Waals surface area contributed by atoms with Gasteiger partial charge in [-0.1, -0.05) is 6.07 Å². The van der Waals surface area contributed by atoms with Crippen LogP contribution in [0.1, 0.15) is 11.1 Å². The van der Waals surface area contributed by atoms with E-state index in [1.165, 1.54) is 24.4 Å². The Balaban J connectivity index is 2.49. The van der Waals surface area contributed by atoms with Crippen LogP contribution in [0.5, 0.6) is 11.6 Å². The van der Waals surface area contributed by atoms with E-state index in [-0.39, 0.29) is 10.8 Å². The number of pyridine rings is 1. The monoisotopic (exact) mass is 289 g/mol. The number of benzene rings is 1. The number of aryl methyl sites for hydroxylation is 1. The number of ether oxygens (including phenoxy) is 1. The van der Waals surface area contributed by atoms with Gasteiger partial charge >= 0.3 is 0 Å². The molecule has 1 aromatic heterocycles. The van der Waals surface area contributed by atoms with Crippen LogP contribution in [0.3, 0.4) is 0 Å². The average molecular weight is 289 g/mol. The Kier molecular flexibility index (Phi) is 3.70. The molecule has 7 heteroatoms. The molecule has 0 spiro atoms. The van der Waals surface area contributed by atoms with Crippen molar-refractivity contribution in [3.8, 4) is 17.7 Å². The SMILES string of the molecule is Cc1ccc(C#N)cc1Oc1ncccc1S(N)(=O)=O. The van der Waals surface area contributed by atoms with Crippen LogP contribution in [0, 0.1) is 18.3 Å². The third-order valence-corrected chi connectivity index (χ3v) is 3.49. The molecule has 6 nitrogen and oxygen atoms in total. The Morgan fingerprint density at radius 1 is 1.35 bits per heavy atom. The molecule has 20 heavy (non-hydrogen) atoms. The van der Waals surface area contributed by atoms with Gasteiger partial charge in [-0.3, -0.25) is 0 Å². The maximum absolute atomic E-state index is 11.5. The molecule has 0 saturated heterocycles. The minimum absolute atomic E-state index is 0.117. The number of nitrogens with two attached hydrogens (primary N) is 1. The lowest BCUT2D eigenvalue weighted by Crippen LogP contribution is -2.13. The molecule has 1 heterocycles. The van der Waals surface area contributed by atoms with Gasteiger partial charge < -0.3 is 4.74 Å². The van der Waals surface area contributed by atoms with Gasteiger partial charge in [-0.2, -0.15) is 5.26 Å². The molecule has 1 aromatic carbocycles. The van der Waals surface area contributed by atoms with E-state index in [2.05, 4.69) is 4.98 Å². The van der Waals surface area contributed by atoms with Gasteiger partial charge in [0.15, 0.2) is 0 Å². The predicted molar refractivity (Wildman–Crippen MR) is 71.6 cm³/mol. The minimum atomic E-state index is -3.93. The third-order valence-electron chi connectivity index (χ3n) is 2.57. The second-order valence-corrected chi connectivity index (χ2v) is 5.58. The molecule has 0 unspecified atom stereocenters. The van der Waals surface area contributed by atoms with Gasteiger partial charge in [-0.25, -0.2) is 18.5 Å². The van der Waals surface area contributed by atoms with E-state index >= 15 is 0 Å². The van der Waals surface area contributed by atoms with E-state index in [1.54, 1.807) is 19.1 Å². The van der Waals surface area contributed by atoms with Gasteiger partial charge in [-0.15, -0.1) is 0 Å². The van der Waals surface area contributed by atoms with Crippen LogP contribution in [0.15, 0.2) is 41.4 Å². The van der Waals surface area contributed by atoms with E-state index in [0.29, 0.717) is 11.3 Å². The van der Waals surface area contributed by atoms with Crippen LogP contribution in [-0.2, 0) is 10.0 Å². The number of primary sulfonamides is 1. The molecule has 0 aliphatic rings. The highest BCUT2D eigenvalue weighted by Crippen LogP contribution is 2.28. The molecular formula is C13H11N3O3S. The van der Waals surface area contributed by atoms with Crippen molar-refractivity contribution >= 4 is 10.0 Å². The normalized spacial score (nSPS) is 10.8. The zero-order valence-corrected chi connectivity index (χ0v) is 11.4. The lowest BCUT2D eigenvalue weighted by molar-refractivity contribution is 0.444. The molecule has 102 valence electrons. The molecule has 0 aliphatic carbocycles. The summed E-state index contributed by atoms with van der Waals surface area (Å²) >= 11 is 0. The van der Waals surface area contributed by atoms with Crippen LogP contribution in [0.25, 0.3) is 0 Å². The van der Waals surface area contributed by atoms with Crippen molar-refractivity contribution < 1.29 is 13.2 Å². The summed E-state index contributed by atoms with van der Waals surface area (Å²) in [4.78, 5) is 3.67. The second-order valence-electron chi connectivity index (χ2n) is 4.05. The highest BCUT2D eigenvalue weighted by atomic mass is 32.2. The Labute approximate surface area is 116 Å². The number of hydrogen-bond acceptors (Lipinski definition) is 5. The average Bonchev–Trinajstić information content (AvgIpc) is 2.41. The fourth-order valence-electron chi connectivity index (χ4n) is 1.55. The Morgan fingerprint density at radius 2 is 2.10 bits per heavy atom. The first-order valence-electron chi connectivity index (χ1n) is 5.58. The number of hydrogen-bond donors (Lipinski definition) is 1. The molecule has 0 amide bonds. The smallest absolute Gasteiger partial charge is 0.243 e. The van der Waals surface area contributed by atoms with Crippen molar-refractivity contribution in [2.45, 2.75) is 11.8 Å². The highest BCUT2D eigenvalue weighted by Gasteiger charge is 2.17. The van der Waals surface area contributed by atoms with Crippen molar-refractivity contribution in [3.63, 3.8) is 0 Å². The maximum Gasteiger partial charge on any atom is 0.243 e. The number of aromatic nitrogens is 1. The van der Waals surface area contributed by atoms with Gasteiger partial charge in [0.25, 0.3) is 0 Å². The number of nitrogens with zero attached hydrogens (tertiary/aromatic N) is 2. The predicted octanol–water partition coefficient (Wildman–Crippen LogP) is 1.70. The lowest BCUT2D eigenvalue weighted by atomic mass is 10.1. The van der Waals surface area contributed by atoms with Crippen molar-refractivity contribution in [1.82, 2.24) is 4.98 Å². The van der Waals surface area contributed by atoms with Gasteiger partial charge in [0.2, 0.25) is 15.9 Å². The highest BCUT2D eigenvalue weighted by molar-refractivity contribution is 7.89. The van der Waals surface area contributed by atoms with Crippen LogP contribution in [-0.4, -0.2) is 13.4 Å². The lowest BCUT2D eigenvalue weighted by Gasteiger charge is -2.10. The van der Waals surface area contributed by atoms with Crippen molar-refractivity contribution in [2.24, 2.45) is 5.14 Å². The summed E-state index contributed by atoms with van der Waals surface area (Å²) in [5, 5.41) is 14.0. The van der Waals surface area contributed by atoms with Crippen molar-refractivity contribution in [1.29, 1.82) is 5.26 Å². The topological polar surface area (TPSA) is 106 Å². The molecular weight excluding hydrogens is 278 g/mol. The number of rotatable bonds is 3. The molecule has 0 radical (unpaired) electrons. The Morgan fingerprint density at radius 3 is 2.75 bits per heavy atom. The first kappa shape index (κ1) is 14.0. The fourth-order valence-corrected chi connectivity index (χ4v) is 2.16.